The Balaban J connectivity index is 2.95. The van der Waals surface area contributed by atoms with E-state index in [0.29, 0.717) is 17.0 Å². The number of hydrogen-bond donors (Lipinski definition) is 2. The molecule has 6 heteroatoms. The Bertz CT molecular complexity index is 495. The standard InChI is InChI=1S/C12H14BrClN2OS/c1-3-12(2,11(15)18)16-10(17)7-4-5-8(13)9(14)6-7/h4-6H,3H2,1-2H3,(H2,15,18)(H,16,17). The van der Waals surface area contributed by atoms with Crippen molar-refractivity contribution in [2.75, 3.05) is 0 Å². The van der Waals surface area contributed by atoms with Crippen LogP contribution in [0.1, 0.15) is 30.6 Å². The van der Waals surface area contributed by atoms with E-state index in [1.807, 2.05) is 6.92 Å². The molecule has 0 aliphatic carbocycles. The van der Waals surface area contributed by atoms with Crippen molar-refractivity contribution in [2.24, 2.45) is 5.73 Å². The maximum Gasteiger partial charge on any atom is 0.252 e. The molecule has 0 heterocycles. The minimum atomic E-state index is -0.689. The summed E-state index contributed by atoms with van der Waals surface area (Å²) in [5, 5.41) is 3.31. The summed E-state index contributed by atoms with van der Waals surface area (Å²) in [6, 6.07) is 5.00. The number of hydrogen-bond acceptors (Lipinski definition) is 2. The first-order chi connectivity index (χ1) is 8.30. The zero-order chi connectivity index (χ0) is 13.9. The van der Waals surface area contributed by atoms with Crippen LogP contribution in [-0.2, 0) is 0 Å². The van der Waals surface area contributed by atoms with Crippen LogP contribution >= 0.6 is 39.7 Å². The van der Waals surface area contributed by atoms with E-state index in [0.717, 1.165) is 4.47 Å². The van der Waals surface area contributed by atoms with Crippen LogP contribution in [-0.4, -0.2) is 16.4 Å². The number of halogens is 2. The predicted octanol–water partition coefficient (Wildman–Crippen LogP) is 3.29. The van der Waals surface area contributed by atoms with Gasteiger partial charge in [0, 0.05) is 10.0 Å². The second kappa shape index (κ2) is 5.99. The molecule has 1 atom stereocenters. The van der Waals surface area contributed by atoms with Gasteiger partial charge in [-0.1, -0.05) is 30.7 Å². The molecule has 0 aromatic heterocycles. The van der Waals surface area contributed by atoms with Crippen molar-refractivity contribution < 1.29 is 4.79 Å². The first-order valence-corrected chi connectivity index (χ1v) is 6.95. The number of carbonyl (C=O) groups is 1. The van der Waals surface area contributed by atoms with Gasteiger partial charge in [0.25, 0.3) is 5.91 Å². The number of carbonyl (C=O) groups excluding carboxylic acids is 1. The first kappa shape index (κ1) is 15.4. The molecule has 0 fully saturated rings. The lowest BCUT2D eigenvalue weighted by Gasteiger charge is -2.28. The quantitative estimate of drug-likeness (QED) is 0.820. The van der Waals surface area contributed by atoms with Crippen molar-refractivity contribution in [1.29, 1.82) is 0 Å². The Kier molecular flexibility index (Phi) is 5.13. The number of amides is 1. The molecule has 0 aliphatic heterocycles. The lowest BCUT2D eigenvalue weighted by Crippen LogP contribution is -2.54. The highest BCUT2D eigenvalue weighted by atomic mass is 79.9. The molecule has 1 aromatic carbocycles. The number of benzene rings is 1. The fourth-order valence-corrected chi connectivity index (χ4v) is 1.91. The summed E-state index contributed by atoms with van der Waals surface area (Å²) in [4.78, 5) is 12.4. The van der Waals surface area contributed by atoms with Gasteiger partial charge in [-0.05, 0) is 47.5 Å². The van der Waals surface area contributed by atoms with Crippen LogP contribution in [0.3, 0.4) is 0 Å². The Morgan fingerprint density at radius 1 is 1.61 bits per heavy atom. The molecule has 1 aromatic rings. The van der Waals surface area contributed by atoms with Crippen LogP contribution in [0, 0.1) is 0 Å². The molecule has 0 aliphatic rings. The van der Waals surface area contributed by atoms with Gasteiger partial charge < -0.3 is 11.1 Å². The number of nitrogens with two attached hydrogens (primary N) is 1. The van der Waals surface area contributed by atoms with Gasteiger partial charge in [0.05, 0.1) is 15.6 Å². The van der Waals surface area contributed by atoms with Crippen LogP contribution in [0.2, 0.25) is 5.02 Å². The lowest BCUT2D eigenvalue weighted by molar-refractivity contribution is 0.0926. The second-order valence-electron chi connectivity index (χ2n) is 4.13. The number of rotatable bonds is 4. The summed E-state index contributed by atoms with van der Waals surface area (Å²) >= 11 is 14.2. The normalized spacial score (nSPS) is 13.8. The van der Waals surface area contributed by atoms with Gasteiger partial charge in [0.2, 0.25) is 0 Å². The Morgan fingerprint density at radius 3 is 2.67 bits per heavy atom. The Hall–Kier alpha value is -0.650. The van der Waals surface area contributed by atoms with Gasteiger partial charge >= 0.3 is 0 Å². The van der Waals surface area contributed by atoms with Gasteiger partial charge in [-0.3, -0.25) is 4.79 Å². The van der Waals surface area contributed by atoms with Gasteiger partial charge in [-0.25, -0.2) is 0 Å². The summed E-state index contributed by atoms with van der Waals surface area (Å²) in [5.41, 5.74) is 5.43. The molecule has 1 amide bonds. The van der Waals surface area contributed by atoms with Crippen LogP contribution in [0.25, 0.3) is 0 Å². The van der Waals surface area contributed by atoms with Crippen molar-refractivity contribution in [3.63, 3.8) is 0 Å². The van der Waals surface area contributed by atoms with Gasteiger partial charge in [-0.15, -0.1) is 0 Å². The average molecular weight is 350 g/mol. The van der Waals surface area contributed by atoms with E-state index in [1.54, 1.807) is 25.1 Å². The van der Waals surface area contributed by atoms with Crippen LogP contribution in [0.15, 0.2) is 22.7 Å². The molecule has 0 saturated carbocycles. The molecule has 3 N–H and O–H groups in total. The third kappa shape index (κ3) is 3.43. The SMILES string of the molecule is CCC(C)(NC(=O)c1ccc(Br)c(Cl)c1)C(N)=S. The van der Waals surface area contributed by atoms with Crippen molar-refractivity contribution >= 4 is 50.6 Å². The third-order valence-corrected chi connectivity index (χ3v) is 4.51. The lowest BCUT2D eigenvalue weighted by atomic mass is 9.98. The smallest absolute Gasteiger partial charge is 0.252 e. The van der Waals surface area contributed by atoms with Gasteiger partial charge in [-0.2, -0.15) is 0 Å². The molecule has 1 unspecified atom stereocenters. The summed E-state index contributed by atoms with van der Waals surface area (Å²) < 4.78 is 0.744. The Morgan fingerprint density at radius 2 is 2.22 bits per heavy atom. The topological polar surface area (TPSA) is 55.1 Å². The molecule has 0 radical (unpaired) electrons. The van der Waals surface area contributed by atoms with E-state index in [2.05, 4.69) is 21.2 Å². The van der Waals surface area contributed by atoms with E-state index in [1.165, 1.54) is 0 Å². The zero-order valence-corrected chi connectivity index (χ0v) is 13.2. The highest BCUT2D eigenvalue weighted by molar-refractivity contribution is 9.10. The predicted molar refractivity (Wildman–Crippen MR) is 82.1 cm³/mol. The van der Waals surface area contributed by atoms with Gasteiger partial charge in [0.15, 0.2) is 0 Å². The third-order valence-electron chi connectivity index (χ3n) is 2.82. The van der Waals surface area contributed by atoms with Crippen LogP contribution in [0.4, 0.5) is 0 Å². The molecule has 0 spiro atoms. The average Bonchev–Trinajstić information content (AvgIpc) is 2.32. The van der Waals surface area contributed by atoms with E-state index in [4.69, 9.17) is 29.6 Å². The minimum absolute atomic E-state index is 0.249. The molecule has 3 nitrogen and oxygen atoms in total. The van der Waals surface area contributed by atoms with Crippen molar-refractivity contribution in [1.82, 2.24) is 5.32 Å². The van der Waals surface area contributed by atoms with E-state index < -0.39 is 5.54 Å². The maximum atomic E-state index is 12.1. The zero-order valence-electron chi connectivity index (χ0n) is 10.1. The maximum absolute atomic E-state index is 12.1. The summed E-state index contributed by atoms with van der Waals surface area (Å²) in [6.07, 6.45) is 0.623. The van der Waals surface area contributed by atoms with Gasteiger partial charge in [0.1, 0.15) is 0 Å². The largest absolute Gasteiger partial charge is 0.391 e. The molecular weight excluding hydrogens is 336 g/mol. The minimum Gasteiger partial charge on any atom is -0.391 e. The molecule has 98 valence electrons. The molecule has 18 heavy (non-hydrogen) atoms. The van der Waals surface area contributed by atoms with E-state index in [-0.39, 0.29) is 10.9 Å². The fourth-order valence-electron chi connectivity index (χ4n) is 1.28. The van der Waals surface area contributed by atoms with Crippen molar-refractivity contribution in [3.05, 3.63) is 33.3 Å². The highest BCUT2D eigenvalue weighted by Gasteiger charge is 2.28. The van der Waals surface area contributed by atoms with Crippen molar-refractivity contribution in [2.45, 2.75) is 25.8 Å². The molecule has 0 saturated heterocycles. The van der Waals surface area contributed by atoms with E-state index in [9.17, 15) is 4.79 Å². The molecule has 0 bridgehead atoms. The Labute approximate surface area is 125 Å². The van der Waals surface area contributed by atoms with Crippen LogP contribution in [0.5, 0.6) is 0 Å². The molecular formula is C12H14BrClN2OS. The van der Waals surface area contributed by atoms with Crippen molar-refractivity contribution in [3.8, 4) is 0 Å². The molecule has 1 rings (SSSR count). The second-order valence-corrected chi connectivity index (χ2v) is 5.83. The first-order valence-electron chi connectivity index (χ1n) is 5.37. The summed E-state index contributed by atoms with van der Waals surface area (Å²) in [5.74, 6) is -0.249. The van der Waals surface area contributed by atoms with E-state index >= 15 is 0 Å². The summed E-state index contributed by atoms with van der Waals surface area (Å²) in [6.45, 7) is 3.71. The summed E-state index contributed by atoms with van der Waals surface area (Å²) in [7, 11) is 0. The number of thiocarbonyl (C=S) groups is 1. The monoisotopic (exact) mass is 348 g/mol. The fraction of sp³-hybridized carbons (Fsp3) is 0.333. The highest BCUT2D eigenvalue weighted by Crippen LogP contribution is 2.23. The van der Waals surface area contributed by atoms with Crippen LogP contribution < -0.4 is 11.1 Å². The number of nitrogens with one attached hydrogen (secondary N) is 1.